The molecule has 8 nitrogen and oxygen atoms in total. The topological polar surface area (TPSA) is 102 Å². The lowest BCUT2D eigenvalue weighted by Crippen LogP contribution is -2.49. The van der Waals surface area contributed by atoms with Gasteiger partial charge in [0.2, 0.25) is 11.9 Å². The number of aromatic nitrogens is 4. The fraction of sp³-hybridized carbons (Fsp3) is 0.471. The Bertz CT molecular complexity index is 811. The average Bonchev–Trinajstić information content (AvgIpc) is 3.26. The zero-order valence-corrected chi connectivity index (χ0v) is 14.0. The van der Waals surface area contributed by atoms with Gasteiger partial charge in [0.05, 0.1) is 0 Å². The van der Waals surface area contributed by atoms with Gasteiger partial charge in [-0.15, -0.1) is 0 Å². The first-order chi connectivity index (χ1) is 12.2. The Hall–Kier alpha value is -2.77. The molecular formula is C17H20N6O2. The van der Waals surface area contributed by atoms with Crippen molar-refractivity contribution in [1.82, 2.24) is 30.2 Å². The molecule has 0 aliphatic heterocycles. The molecule has 2 aromatic rings. The number of aryl methyl sites for hydroxylation is 1. The molecule has 8 heteroatoms. The van der Waals surface area contributed by atoms with Gasteiger partial charge in [-0.25, -0.2) is 15.0 Å². The third-order valence-electron chi connectivity index (χ3n) is 4.96. The highest BCUT2D eigenvalue weighted by Crippen LogP contribution is 2.29. The number of rotatable bonds is 4. The van der Waals surface area contributed by atoms with Crippen LogP contribution in [0.25, 0.3) is 5.95 Å². The minimum absolute atomic E-state index is 0.00655. The molecule has 0 unspecified atom stereocenters. The number of nitrogens with zero attached hydrogens (tertiary/aromatic N) is 4. The lowest BCUT2D eigenvalue weighted by atomic mass is 9.79. The van der Waals surface area contributed by atoms with Crippen molar-refractivity contribution in [1.29, 1.82) is 0 Å². The highest BCUT2D eigenvalue weighted by atomic mass is 16.2. The zero-order valence-electron chi connectivity index (χ0n) is 14.0. The van der Waals surface area contributed by atoms with Gasteiger partial charge in [0.1, 0.15) is 12.0 Å². The molecule has 25 heavy (non-hydrogen) atoms. The molecule has 2 aliphatic rings. The average molecular weight is 340 g/mol. The minimum atomic E-state index is -0.178. The summed E-state index contributed by atoms with van der Waals surface area (Å²) >= 11 is 0. The maximum Gasteiger partial charge on any atom is 0.270 e. The monoisotopic (exact) mass is 340 g/mol. The molecule has 4 rings (SSSR count). The van der Waals surface area contributed by atoms with Crippen LogP contribution in [0.2, 0.25) is 0 Å². The fourth-order valence-electron chi connectivity index (χ4n) is 3.51. The Morgan fingerprint density at radius 2 is 2.08 bits per heavy atom. The van der Waals surface area contributed by atoms with E-state index in [0.717, 1.165) is 30.5 Å². The summed E-state index contributed by atoms with van der Waals surface area (Å²) in [4.78, 5) is 37.4. The Labute approximate surface area is 145 Å². The molecule has 2 N–H and O–H groups in total. The maximum atomic E-state index is 12.7. The van der Waals surface area contributed by atoms with Crippen molar-refractivity contribution in [2.45, 2.75) is 38.1 Å². The van der Waals surface area contributed by atoms with Crippen molar-refractivity contribution in [3.05, 3.63) is 35.7 Å². The Morgan fingerprint density at radius 3 is 2.80 bits per heavy atom. The summed E-state index contributed by atoms with van der Waals surface area (Å²) in [6.07, 6.45) is 9.07. The van der Waals surface area contributed by atoms with E-state index in [-0.39, 0.29) is 23.8 Å². The summed E-state index contributed by atoms with van der Waals surface area (Å²) in [5, 5.41) is 5.66. The molecule has 2 heterocycles. The van der Waals surface area contributed by atoms with Crippen molar-refractivity contribution < 1.29 is 9.59 Å². The summed E-state index contributed by atoms with van der Waals surface area (Å²) in [6, 6.07) is 0.0264. The predicted molar refractivity (Wildman–Crippen MR) is 89.2 cm³/mol. The van der Waals surface area contributed by atoms with Crippen molar-refractivity contribution in [3.63, 3.8) is 0 Å². The summed E-state index contributed by atoms with van der Waals surface area (Å²) < 4.78 is 1.71. The lowest BCUT2D eigenvalue weighted by Gasteiger charge is -2.34. The largest absolute Gasteiger partial charge is 0.359 e. The van der Waals surface area contributed by atoms with Gasteiger partial charge < -0.3 is 10.6 Å². The van der Waals surface area contributed by atoms with Crippen LogP contribution in [0.1, 0.15) is 41.0 Å². The van der Waals surface area contributed by atoms with Crippen molar-refractivity contribution in [2.24, 2.45) is 5.92 Å². The van der Waals surface area contributed by atoms with Crippen LogP contribution in [0.15, 0.2) is 18.7 Å². The predicted octanol–water partition coefficient (Wildman–Crippen LogP) is 0.405. The number of hydrogen-bond acceptors (Lipinski definition) is 5. The number of carbonyl (C=O) groups excluding carboxylic acids is 2. The van der Waals surface area contributed by atoms with Crippen molar-refractivity contribution in [2.75, 3.05) is 7.05 Å². The van der Waals surface area contributed by atoms with E-state index in [1.54, 1.807) is 30.3 Å². The van der Waals surface area contributed by atoms with Gasteiger partial charge in [0, 0.05) is 42.7 Å². The summed E-state index contributed by atoms with van der Waals surface area (Å²) in [7, 11) is 1.63. The lowest BCUT2D eigenvalue weighted by molar-refractivity contribution is -0.127. The molecule has 2 aromatic heterocycles. The first-order valence-electron chi connectivity index (χ1n) is 8.56. The van der Waals surface area contributed by atoms with Gasteiger partial charge >= 0.3 is 0 Å². The van der Waals surface area contributed by atoms with E-state index in [2.05, 4.69) is 25.6 Å². The highest BCUT2D eigenvalue weighted by molar-refractivity contribution is 5.94. The summed E-state index contributed by atoms with van der Waals surface area (Å²) in [5.41, 5.74) is 2.35. The third kappa shape index (κ3) is 2.88. The summed E-state index contributed by atoms with van der Waals surface area (Å²) in [6.45, 7) is 0. The molecule has 1 fully saturated rings. The van der Waals surface area contributed by atoms with Gasteiger partial charge in [0.25, 0.3) is 5.91 Å². The first-order valence-corrected chi connectivity index (χ1v) is 8.56. The molecule has 1 saturated carbocycles. The molecule has 2 aliphatic carbocycles. The van der Waals surface area contributed by atoms with E-state index >= 15 is 0 Å². The smallest absolute Gasteiger partial charge is 0.270 e. The van der Waals surface area contributed by atoms with Crippen LogP contribution in [0.3, 0.4) is 0 Å². The SMILES string of the molecule is CNC(=O)[C@H]1C[C@H](NC(=O)c2nc(-n3ccnc3)nc3c2CCC3)C1. The van der Waals surface area contributed by atoms with E-state index in [4.69, 9.17) is 0 Å². The van der Waals surface area contributed by atoms with Crippen LogP contribution in [0.4, 0.5) is 0 Å². The maximum absolute atomic E-state index is 12.7. The highest BCUT2D eigenvalue weighted by Gasteiger charge is 2.36. The van der Waals surface area contributed by atoms with Gasteiger partial charge in [0.15, 0.2) is 0 Å². The van der Waals surface area contributed by atoms with Crippen LogP contribution < -0.4 is 10.6 Å². The van der Waals surface area contributed by atoms with E-state index in [1.807, 2.05) is 0 Å². The van der Waals surface area contributed by atoms with E-state index in [1.165, 1.54) is 0 Å². The van der Waals surface area contributed by atoms with E-state index < -0.39 is 0 Å². The van der Waals surface area contributed by atoms with Crippen molar-refractivity contribution in [3.8, 4) is 5.95 Å². The van der Waals surface area contributed by atoms with E-state index in [9.17, 15) is 9.59 Å². The molecule has 0 saturated heterocycles. The quantitative estimate of drug-likeness (QED) is 0.839. The number of nitrogens with one attached hydrogen (secondary N) is 2. The molecule has 0 aromatic carbocycles. The summed E-state index contributed by atoms with van der Waals surface area (Å²) in [5.74, 6) is 0.325. The number of fused-ring (bicyclic) bond motifs is 1. The normalized spacial score (nSPS) is 21.3. The fourth-order valence-corrected chi connectivity index (χ4v) is 3.51. The Kier molecular flexibility index (Phi) is 3.95. The van der Waals surface area contributed by atoms with Crippen LogP contribution in [0, 0.1) is 5.92 Å². The zero-order chi connectivity index (χ0) is 17.4. The van der Waals surface area contributed by atoms with Gasteiger partial charge in [-0.05, 0) is 32.1 Å². The molecule has 0 spiro atoms. The molecule has 0 radical (unpaired) electrons. The van der Waals surface area contributed by atoms with Gasteiger partial charge in [-0.3, -0.25) is 14.2 Å². The number of amides is 2. The second kappa shape index (κ2) is 6.27. The van der Waals surface area contributed by atoms with Crippen LogP contribution in [-0.4, -0.2) is 44.4 Å². The minimum Gasteiger partial charge on any atom is -0.359 e. The molecule has 130 valence electrons. The van der Waals surface area contributed by atoms with Crippen molar-refractivity contribution >= 4 is 11.8 Å². The standard InChI is InChI=1S/C17H20N6O2/c1-18-15(24)10-7-11(8-10)20-16(25)14-12-3-2-4-13(12)21-17(22-14)23-6-5-19-9-23/h5-6,9-11H,2-4,7-8H2,1H3,(H,18,24)(H,20,25)/t10-,11-. The molecule has 2 amide bonds. The van der Waals surface area contributed by atoms with Crippen LogP contribution >= 0.6 is 0 Å². The Balaban J connectivity index is 1.54. The molecule has 0 bridgehead atoms. The molecular weight excluding hydrogens is 320 g/mol. The van der Waals surface area contributed by atoms with Gasteiger partial charge in [-0.2, -0.15) is 0 Å². The van der Waals surface area contributed by atoms with E-state index in [0.29, 0.717) is 24.5 Å². The number of imidazole rings is 1. The molecule has 0 atom stereocenters. The van der Waals surface area contributed by atoms with Crippen LogP contribution in [-0.2, 0) is 17.6 Å². The third-order valence-corrected chi connectivity index (χ3v) is 4.96. The Morgan fingerprint density at radius 1 is 1.24 bits per heavy atom. The van der Waals surface area contributed by atoms with Gasteiger partial charge in [-0.1, -0.05) is 0 Å². The second-order valence-corrected chi connectivity index (χ2v) is 6.57. The van der Waals surface area contributed by atoms with Crippen LogP contribution in [0.5, 0.6) is 0 Å². The number of carbonyl (C=O) groups is 2. The first kappa shape index (κ1) is 15.7. The second-order valence-electron chi connectivity index (χ2n) is 6.57. The number of hydrogen-bond donors (Lipinski definition) is 2.